The molecule has 0 aliphatic carbocycles. The van der Waals surface area contributed by atoms with Crippen LogP contribution in [0.4, 0.5) is 4.79 Å². The maximum absolute atomic E-state index is 12.2. The fourth-order valence-electron chi connectivity index (χ4n) is 2.79. The van der Waals surface area contributed by atoms with Crippen LogP contribution in [0.3, 0.4) is 0 Å². The van der Waals surface area contributed by atoms with E-state index in [0.29, 0.717) is 30.2 Å². The Kier molecular flexibility index (Phi) is 5.54. The Morgan fingerprint density at radius 3 is 2.38 bits per heavy atom. The topological polar surface area (TPSA) is 60.9 Å². The van der Waals surface area contributed by atoms with Crippen LogP contribution >= 0.6 is 11.6 Å². The van der Waals surface area contributed by atoms with Crippen molar-refractivity contribution >= 4 is 23.5 Å². The van der Waals surface area contributed by atoms with Gasteiger partial charge in [0.15, 0.2) is 5.78 Å². The molecule has 24 heavy (non-hydrogen) atoms. The summed E-state index contributed by atoms with van der Waals surface area (Å²) >= 11 is 5.82. The molecule has 1 unspecified atom stereocenters. The Hall–Kier alpha value is -2.01. The third kappa shape index (κ3) is 4.51. The second-order valence-electron chi connectivity index (χ2n) is 7.04. The van der Waals surface area contributed by atoms with Crippen LogP contribution in [0, 0.1) is 5.41 Å². The molecule has 0 radical (unpaired) electrons. The molecule has 1 aromatic rings. The van der Waals surface area contributed by atoms with Gasteiger partial charge in [0, 0.05) is 42.5 Å². The molecule has 6 heteroatoms. The van der Waals surface area contributed by atoms with Crippen molar-refractivity contribution in [1.82, 2.24) is 9.80 Å². The van der Waals surface area contributed by atoms with Crippen LogP contribution in [-0.4, -0.2) is 52.5 Å². The molecular weight excluding hydrogens is 328 g/mol. The molecule has 130 valence electrons. The van der Waals surface area contributed by atoms with Crippen LogP contribution in [0.15, 0.2) is 36.5 Å². The lowest BCUT2D eigenvalue weighted by molar-refractivity contribution is 0.0366. The number of piperazine rings is 1. The van der Waals surface area contributed by atoms with Gasteiger partial charge in [-0.2, -0.15) is 0 Å². The van der Waals surface area contributed by atoms with Gasteiger partial charge in [-0.25, -0.2) is 4.79 Å². The van der Waals surface area contributed by atoms with Crippen molar-refractivity contribution in [2.75, 3.05) is 19.6 Å². The average Bonchev–Trinajstić information content (AvgIpc) is 2.52. The van der Waals surface area contributed by atoms with Crippen molar-refractivity contribution in [1.29, 1.82) is 0 Å². The summed E-state index contributed by atoms with van der Waals surface area (Å²) in [6.45, 7) is 7.65. The predicted molar refractivity (Wildman–Crippen MR) is 94.5 cm³/mol. The molecule has 1 amide bonds. The van der Waals surface area contributed by atoms with Gasteiger partial charge in [0.05, 0.1) is 6.04 Å². The van der Waals surface area contributed by atoms with Gasteiger partial charge in [-0.3, -0.25) is 4.79 Å². The fourth-order valence-corrected chi connectivity index (χ4v) is 2.92. The van der Waals surface area contributed by atoms with E-state index in [4.69, 9.17) is 11.6 Å². The minimum absolute atomic E-state index is 0.0976. The van der Waals surface area contributed by atoms with Crippen LogP contribution in [0.5, 0.6) is 0 Å². The predicted octanol–water partition coefficient (Wildman–Crippen LogP) is 3.75. The fraction of sp³-hybridized carbons (Fsp3) is 0.444. The normalized spacial score (nSPS) is 18.9. The van der Waals surface area contributed by atoms with Crippen molar-refractivity contribution in [3.8, 4) is 0 Å². The highest BCUT2D eigenvalue weighted by molar-refractivity contribution is 6.30. The highest BCUT2D eigenvalue weighted by atomic mass is 35.5. The first-order valence-corrected chi connectivity index (χ1v) is 8.28. The Bertz CT molecular complexity index is 635. The van der Waals surface area contributed by atoms with E-state index < -0.39 is 6.09 Å². The summed E-state index contributed by atoms with van der Waals surface area (Å²) in [5.41, 5.74) is 0.401. The Morgan fingerprint density at radius 2 is 1.83 bits per heavy atom. The standard InChI is InChI=1S/C18H23ClN2O3/c1-18(2,3)16-12-20(10-11-21(16)17(23)24)9-8-15(22)13-4-6-14(19)7-5-13/h4-9,16H,10-12H2,1-3H3,(H,23,24)/b9-8+. The molecule has 1 fully saturated rings. The van der Waals surface area contributed by atoms with E-state index in [9.17, 15) is 14.7 Å². The Labute approximate surface area is 147 Å². The largest absolute Gasteiger partial charge is 0.465 e. The molecule has 1 aromatic carbocycles. The van der Waals surface area contributed by atoms with E-state index in [1.165, 1.54) is 11.0 Å². The molecule has 1 aliphatic rings. The van der Waals surface area contributed by atoms with E-state index in [1.54, 1.807) is 30.5 Å². The van der Waals surface area contributed by atoms with Gasteiger partial charge in [-0.1, -0.05) is 32.4 Å². The number of nitrogens with zero attached hydrogens (tertiary/aromatic N) is 2. The van der Waals surface area contributed by atoms with E-state index in [1.807, 2.05) is 25.7 Å². The van der Waals surface area contributed by atoms with Gasteiger partial charge in [-0.15, -0.1) is 0 Å². The first-order valence-electron chi connectivity index (χ1n) is 7.90. The molecular formula is C18H23ClN2O3. The molecule has 1 heterocycles. The van der Waals surface area contributed by atoms with Crippen LogP contribution in [0.25, 0.3) is 0 Å². The zero-order valence-electron chi connectivity index (χ0n) is 14.2. The monoisotopic (exact) mass is 350 g/mol. The number of amides is 1. The molecule has 5 nitrogen and oxygen atoms in total. The Morgan fingerprint density at radius 1 is 1.21 bits per heavy atom. The molecule has 1 saturated heterocycles. The second-order valence-corrected chi connectivity index (χ2v) is 7.48. The summed E-state index contributed by atoms with van der Waals surface area (Å²) in [4.78, 5) is 27.1. The van der Waals surface area contributed by atoms with Crippen molar-refractivity contribution < 1.29 is 14.7 Å². The number of carboxylic acid groups (broad SMARTS) is 1. The number of allylic oxidation sites excluding steroid dienone is 1. The number of benzene rings is 1. The zero-order valence-corrected chi connectivity index (χ0v) is 15.0. The molecule has 0 aromatic heterocycles. The highest BCUT2D eigenvalue weighted by Gasteiger charge is 2.37. The highest BCUT2D eigenvalue weighted by Crippen LogP contribution is 2.28. The molecule has 2 rings (SSSR count). The molecule has 1 N–H and O–H groups in total. The maximum atomic E-state index is 12.2. The van der Waals surface area contributed by atoms with Gasteiger partial charge in [0.2, 0.25) is 0 Å². The molecule has 0 saturated carbocycles. The number of carbonyl (C=O) groups is 2. The van der Waals surface area contributed by atoms with Gasteiger partial charge in [-0.05, 0) is 29.7 Å². The molecule has 1 atom stereocenters. The Balaban J connectivity index is 2.06. The van der Waals surface area contributed by atoms with Crippen molar-refractivity contribution in [3.05, 3.63) is 47.1 Å². The lowest BCUT2D eigenvalue weighted by atomic mass is 9.84. The third-order valence-corrected chi connectivity index (χ3v) is 4.47. The van der Waals surface area contributed by atoms with E-state index in [0.717, 1.165) is 0 Å². The molecule has 0 bridgehead atoms. The van der Waals surface area contributed by atoms with Gasteiger partial charge in [0.25, 0.3) is 0 Å². The number of halogens is 1. The van der Waals surface area contributed by atoms with Gasteiger partial charge >= 0.3 is 6.09 Å². The van der Waals surface area contributed by atoms with Crippen LogP contribution in [-0.2, 0) is 0 Å². The number of hydrogen-bond acceptors (Lipinski definition) is 3. The number of carbonyl (C=O) groups excluding carboxylic acids is 1. The van der Waals surface area contributed by atoms with Crippen molar-refractivity contribution in [3.63, 3.8) is 0 Å². The van der Waals surface area contributed by atoms with E-state index in [-0.39, 0.29) is 17.2 Å². The lowest BCUT2D eigenvalue weighted by Crippen LogP contribution is -2.58. The SMILES string of the molecule is CC(C)(C)C1CN(/C=C/C(=O)c2ccc(Cl)cc2)CCN1C(=O)O. The smallest absolute Gasteiger partial charge is 0.407 e. The van der Waals surface area contributed by atoms with Crippen LogP contribution < -0.4 is 0 Å². The lowest BCUT2D eigenvalue weighted by Gasteiger charge is -2.45. The first kappa shape index (κ1) is 18.3. The van der Waals surface area contributed by atoms with Gasteiger partial charge < -0.3 is 14.9 Å². The summed E-state index contributed by atoms with van der Waals surface area (Å²) in [7, 11) is 0. The summed E-state index contributed by atoms with van der Waals surface area (Å²) < 4.78 is 0. The summed E-state index contributed by atoms with van der Waals surface area (Å²) in [5, 5.41) is 9.96. The zero-order chi connectivity index (χ0) is 17.9. The van der Waals surface area contributed by atoms with Crippen molar-refractivity contribution in [2.24, 2.45) is 5.41 Å². The maximum Gasteiger partial charge on any atom is 0.407 e. The van der Waals surface area contributed by atoms with E-state index in [2.05, 4.69) is 0 Å². The number of hydrogen-bond donors (Lipinski definition) is 1. The van der Waals surface area contributed by atoms with Gasteiger partial charge in [0.1, 0.15) is 0 Å². The third-order valence-electron chi connectivity index (χ3n) is 4.22. The quantitative estimate of drug-likeness (QED) is 0.666. The van der Waals surface area contributed by atoms with Crippen LogP contribution in [0.2, 0.25) is 5.02 Å². The number of ketones is 1. The average molecular weight is 351 g/mol. The second kappa shape index (κ2) is 7.26. The summed E-state index contributed by atoms with van der Waals surface area (Å²) in [6, 6.07) is 6.62. The summed E-state index contributed by atoms with van der Waals surface area (Å²) in [6.07, 6.45) is 2.39. The van der Waals surface area contributed by atoms with E-state index >= 15 is 0 Å². The minimum Gasteiger partial charge on any atom is -0.465 e. The molecule has 1 aliphatic heterocycles. The van der Waals surface area contributed by atoms with Crippen LogP contribution in [0.1, 0.15) is 31.1 Å². The number of rotatable bonds is 3. The minimum atomic E-state index is -0.893. The first-order chi connectivity index (χ1) is 11.2. The molecule has 0 spiro atoms. The summed E-state index contributed by atoms with van der Waals surface area (Å²) in [5.74, 6) is -0.0976. The van der Waals surface area contributed by atoms with Crippen molar-refractivity contribution in [2.45, 2.75) is 26.8 Å².